The number of ether oxygens (including phenoxy) is 2. The molecule has 0 aromatic heterocycles. The van der Waals surface area contributed by atoms with Crippen LogP contribution in [0.25, 0.3) is 0 Å². The molecule has 0 bridgehead atoms. The van der Waals surface area contributed by atoms with Crippen molar-refractivity contribution in [2.24, 2.45) is 0 Å². The number of amides is 2. The number of benzene rings is 2. The molecule has 0 unspecified atom stereocenters. The Morgan fingerprint density at radius 2 is 1.68 bits per heavy atom. The Labute approximate surface area is 127 Å². The highest BCUT2D eigenvalue weighted by Crippen LogP contribution is 2.16. The van der Waals surface area contributed by atoms with Crippen LogP contribution >= 0.6 is 0 Å². The number of nitrogens with one attached hydrogen (secondary N) is 1. The number of hydrogen-bond donors (Lipinski definition) is 2. The van der Waals surface area contributed by atoms with Crippen molar-refractivity contribution in [3.8, 4) is 5.75 Å². The van der Waals surface area contributed by atoms with Gasteiger partial charge in [-0.05, 0) is 23.3 Å². The van der Waals surface area contributed by atoms with Gasteiger partial charge in [-0.3, -0.25) is 0 Å². The van der Waals surface area contributed by atoms with E-state index in [1.165, 1.54) is 0 Å². The molecule has 2 rings (SSSR count). The second kappa shape index (κ2) is 7.68. The molecule has 0 spiro atoms. The smallest absolute Gasteiger partial charge is 0.416 e. The minimum Gasteiger partial charge on any atom is -0.489 e. The van der Waals surface area contributed by atoms with Crippen LogP contribution in [0.15, 0.2) is 54.6 Å². The Hall–Kier alpha value is -3.02. The van der Waals surface area contributed by atoms with Gasteiger partial charge in [-0.15, -0.1) is 0 Å². The van der Waals surface area contributed by atoms with Gasteiger partial charge in [-0.2, -0.15) is 0 Å². The topological polar surface area (TPSA) is 84.9 Å². The first-order valence-corrected chi connectivity index (χ1v) is 6.56. The third-order valence-corrected chi connectivity index (χ3v) is 2.73. The zero-order valence-corrected chi connectivity index (χ0v) is 11.7. The van der Waals surface area contributed by atoms with Crippen molar-refractivity contribution >= 4 is 12.2 Å². The normalized spacial score (nSPS) is 9.82. The summed E-state index contributed by atoms with van der Waals surface area (Å²) in [6, 6.07) is 16.8. The summed E-state index contributed by atoms with van der Waals surface area (Å²) in [5, 5.41) is 9.97. The van der Waals surface area contributed by atoms with Gasteiger partial charge in [0.2, 0.25) is 0 Å². The molecule has 2 aromatic carbocycles. The van der Waals surface area contributed by atoms with Crippen LogP contribution in [0.1, 0.15) is 11.1 Å². The van der Waals surface area contributed by atoms with Crippen molar-refractivity contribution in [2.45, 2.75) is 13.2 Å². The summed E-state index contributed by atoms with van der Waals surface area (Å²) >= 11 is 0. The number of carboxylic acid groups (broad SMARTS) is 1. The highest BCUT2D eigenvalue weighted by Gasteiger charge is 2.07. The number of carbonyl (C=O) groups is 2. The Kier molecular flexibility index (Phi) is 5.37. The molecule has 0 aliphatic carbocycles. The lowest BCUT2D eigenvalue weighted by molar-refractivity contribution is 0.134. The molecule has 0 heterocycles. The third kappa shape index (κ3) is 5.16. The van der Waals surface area contributed by atoms with E-state index in [1.807, 2.05) is 30.3 Å². The minimum absolute atomic E-state index is 0.0400. The highest BCUT2D eigenvalue weighted by molar-refractivity contribution is 5.86. The molecule has 0 saturated carbocycles. The molecule has 0 fully saturated rings. The van der Waals surface area contributed by atoms with E-state index < -0.39 is 12.2 Å². The summed E-state index contributed by atoms with van der Waals surface area (Å²) in [5.74, 6) is 0.642. The number of rotatable bonds is 5. The fourth-order valence-electron chi connectivity index (χ4n) is 1.74. The SMILES string of the molecule is O=C(O)NC(=O)OCc1cccc(OCc2ccccc2)c1. The average molecular weight is 301 g/mol. The Balaban J connectivity index is 1.87. The van der Waals surface area contributed by atoms with Crippen molar-refractivity contribution in [1.82, 2.24) is 5.32 Å². The summed E-state index contributed by atoms with van der Waals surface area (Å²) in [7, 11) is 0. The maximum Gasteiger partial charge on any atom is 0.416 e. The van der Waals surface area contributed by atoms with Crippen molar-refractivity contribution in [2.75, 3.05) is 0 Å². The van der Waals surface area contributed by atoms with Crippen molar-refractivity contribution < 1.29 is 24.2 Å². The zero-order chi connectivity index (χ0) is 15.8. The van der Waals surface area contributed by atoms with Crippen LogP contribution in [-0.2, 0) is 18.0 Å². The van der Waals surface area contributed by atoms with E-state index in [2.05, 4.69) is 0 Å². The first-order chi connectivity index (χ1) is 10.6. The molecule has 22 heavy (non-hydrogen) atoms. The summed E-state index contributed by atoms with van der Waals surface area (Å²) < 4.78 is 10.4. The molecule has 0 aliphatic rings. The van der Waals surface area contributed by atoms with Crippen molar-refractivity contribution in [1.29, 1.82) is 0 Å². The molecular formula is C16H15NO5. The third-order valence-electron chi connectivity index (χ3n) is 2.73. The van der Waals surface area contributed by atoms with Gasteiger partial charge in [0.15, 0.2) is 0 Å². The van der Waals surface area contributed by atoms with Crippen LogP contribution in [0.5, 0.6) is 5.75 Å². The second-order valence-corrected chi connectivity index (χ2v) is 4.43. The molecule has 6 heteroatoms. The van der Waals surface area contributed by atoms with Crippen LogP contribution in [0.3, 0.4) is 0 Å². The quantitative estimate of drug-likeness (QED) is 0.886. The summed E-state index contributed by atoms with van der Waals surface area (Å²) in [6.45, 7) is 0.395. The fraction of sp³-hybridized carbons (Fsp3) is 0.125. The minimum atomic E-state index is -1.45. The van der Waals surface area contributed by atoms with E-state index in [9.17, 15) is 9.59 Å². The molecule has 2 amide bonds. The lowest BCUT2D eigenvalue weighted by Gasteiger charge is -2.08. The Morgan fingerprint density at radius 1 is 0.955 bits per heavy atom. The molecule has 0 radical (unpaired) electrons. The summed E-state index contributed by atoms with van der Waals surface area (Å²) in [4.78, 5) is 21.3. The van der Waals surface area contributed by atoms with Crippen molar-refractivity contribution in [3.05, 3.63) is 65.7 Å². The lowest BCUT2D eigenvalue weighted by atomic mass is 10.2. The summed E-state index contributed by atoms with van der Waals surface area (Å²) in [6.07, 6.45) is -2.46. The van der Waals surface area contributed by atoms with Gasteiger partial charge in [-0.1, -0.05) is 42.5 Å². The molecule has 6 nitrogen and oxygen atoms in total. The van der Waals surface area contributed by atoms with Crippen LogP contribution in [0, 0.1) is 0 Å². The van der Waals surface area contributed by atoms with E-state index in [0.717, 1.165) is 5.56 Å². The number of hydrogen-bond acceptors (Lipinski definition) is 4. The van der Waals surface area contributed by atoms with Gasteiger partial charge in [0, 0.05) is 0 Å². The number of alkyl carbamates (subject to hydrolysis) is 1. The molecule has 0 atom stereocenters. The Morgan fingerprint density at radius 3 is 2.41 bits per heavy atom. The van der Waals surface area contributed by atoms with E-state index in [-0.39, 0.29) is 6.61 Å². The monoisotopic (exact) mass is 301 g/mol. The molecule has 0 saturated heterocycles. The van der Waals surface area contributed by atoms with Crippen LogP contribution in [-0.4, -0.2) is 17.3 Å². The first kappa shape index (κ1) is 15.4. The van der Waals surface area contributed by atoms with Crippen LogP contribution in [0.4, 0.5) is 9.59 Å². The van der Waals surface area contributed by atoms with Crippen LogP contribution < -0.4 is 10.1 Å². The van der Waals surface area contributed by atoms with Gasteiger partial charge in [0.25, 0.3) is 0 Å². The molecule has 0 aliphatic heterocycles. The molecule has 2 N–H and O–H groups in total. The highest BCUT2D eigenvalue weighted by atomic mass is 16.6. The van der Waals surface area contributed by atoms with Gasteiger partial charge < -0.3 is 14.6 Å². The number of carbonyl (C=O) groups excluding carboxylic acids is 1. The van der Waals surface area contributed by atoms with E-state index in [4.69, 9.17) is 14.6 Å². The van der Waals surface area contributed by atoms with Gasteiger partial charge in [0.1, 0.15) is 19.0 Å². The predicted octanol–water partition coefficient (Wildman–Crippen LogP) is 3.17. The average Bonchev–Trinajstić information content (AvgIpc) is 2.52. The fourth-order valence-corrected chi connectivity index (χ4v) is 1.74. The van der Waals surface area contributed by atoms with Crippen molar-refractivity contribution in [3.63, 3.8) is 0 Å². The van der Waals surface area contributed by atoms with Gasteiger partial charge >= 0.3 is 12.2 Å². The van der Waals surface area contributed by atoms with E-state index in [1.54, 1.807) is 29.6 Å². The second-order valence-electron chi connectivity index (χ2n) is 4.43. The standard InChI is InChI=1S/C16H15NO5/c18-15(19)17-16(20)22-11-13-7-4-8-14(9-13)21-10-12-5-2-1-3-6-12/h1-9H,10-11H2,(H,17,20)(H,18,19). The van der Waals surface area contributed by atoms with E-state index >= 15 is 0 Å². The largest absolute Gasteiger partial charge is 0.489 e. The predicted molar refractivity (Wildman–Crippen MR) is 78.6 cm³/mol. The maximum atomic E-state index is 11.1. The van der Waals surface area contributed by atoms with Gasteiger partial charge in [-0.25, -0.2) is 14.9 Å². The number of imide groups is 1. The molecule has 114 valence electrons. The summed E-state index contributed by atoms with van der Waals surface area (Å²) in [5.41, 5.74) is 1.75. The Bertz CT molecular complexity index is 642. The van der Waals surface area contributed by atoms with Gasteiger partial charge in [0.05, 0.1) is 0 Å². The first-order valence-electron chi connectivity index (χ1n) is 6.56. The van der Waals surface area contributed by atoms with Crippen LogP contribution in [0.2, 0.25) is 0 Å². The molecular weight excluding hydrogens is 286 g/mol. The molecule has 2 aromatic rings. The maximum absolute atomic E-state index is 11.1. The zero-order valence-electron chi connectivity index (χ0n) is 11.7. The lowest BCUT2D eigenvalue weighted by Crippen LogP contribution is -2.29. The van der Waals surface area contributed by atoms with E-state index in [0.29, 0.717) is 17.9 Å².